The summed E-state index contributed by atoms with van der Waals surface area (Å²) in [5.74, 6) is -0.0579. The summed E-state index contributed by atoms with van der Waals surface area (Å²) in [6, 6.07) is 16.1. The molecule has 6 atom stereocenters. The van der Waals surface area contributed by atoms with E-state index in [1.54, 1.807) is 49.4 Å². The highest BCUT2D eigenvalue weighted by Gasteiger charge is 2.47. The number of esters is 1. The minimum Gasteiger partial charge on any atom is -0.460 e. The van der Waals surface area contributed by atoms with E-state index in [4.69, 9.17) is 24.3 Å². The number of aromatic nitrogens is 4. The SMILES string of the molecule is Cc1nc(N)c2ncn(C3OC(COP(=O)(N[C@H](C)C(=O)OCc4ccccc4)Oc4ccccc4)C(O)C3F)c2n1. The minimum atomic E-state index is -4.30. The summed E-state index contributed by atoms with van der Waals surface area (Å²) in [5.41, 5.74) is 7.16. The average Bonchev–Trinajstić information content (AvgIpc) is 3.52. The summed E-state index contributed by atoms with van der Waals surface area (Å²) in [5, 5.41) is 13.2. The molecule has 15 heteroatoms. The molecule has 222 valence electrons. The second-order valence-electron chi connectivity index (χ2n) is 9.62. The van der Waals surface area contributed by atoms with E-state index in [-0.39, 0.29) is 29.3 Å². The number of ether oxygens (including phenoxy) is 2. The number of hydrogen-bond acceptors (Lipinski definition) is 11. The number of nitrogen functional groups attached to an aromatic ring is 1. The molecule has 4 aromatic rings. The highest BCUT2D eigenvalue weighted by atomic mass is 31.2. The molecule has 2 aromatic heterocycles. The molecule has 4 N–H and O–H groups in total. The lowest BCUT2D eigenvalue weighted by atomic mass is 10.1. The van der Waals surface area contributed by atoms with E-state index in [1.807, 2.05) is 18.2 Å². The molecule has 0 bridgehead atoms. The van der Waals surface area contributed by atoms with Gasteiger partial charge >= 0.3 is 13.7 Å². The lowest BCUT2D eigenvalue weighted by Gasteiger charge is -2.24. The van der Waals surface area contributed by atoms with Crippen LogP contribution in [-0.4, -0.2) is 61.6 Å². The molecule has 0 radical (unpaired) electrons. The Morgan fingerprint density at radius 2 is 1.88 bits per heavy atom. The number of fused-ring (bicyclic) bond motifs is 1. The van der Waals surface area contributed by atoms with Gasteiger partial charge in [0.05, 0.1) is 12.9 Å². The van der Waals surface area contributed by atoms with Crippen molar-refractivity contribution in [3.8, 4) is 5.75 Å². The fourth-order valence-electron chi connectivity index (χ4n) is 4.33. The highest BCUT2D eigenvalue weighted by Crippen LogP contribution is 2.46. The Morgan fingerprint density at radius 1 is 1.19 bits per heavy atom. The number of nitrogens with one attached hydrogen (secondary N) is 1. The van der Waals surface area contributed by atoms with Crippen molar-refractivity contribution >= 4 is 30.7 Å². The molecular weight excluding hydrogens is 570 g/mol. The Hall–Kier alpha value is -3.94. The standard InChI is InChI=1S/C27H30FN6O7P/c1-16(27(36)38-13-18-9-5-3-6-10-18)33-42(37,41-19-11-7-4-8-12-19)39-14-20-23(35)21(28)26(40-20)34-15-30-22-24(29)31-17(2)32-25(22)34/h3-12,15-16,20-21,23,26,35H,13-14H2,1-2H3,(H,33,37)(H2,29,31,32)/t16-,20?,21?,23?,26?,42?/m1/s1. The molecule has 13 nitrogen and oxygen atoms in total. The van der Waals surface area contributed by atoms with Gasteiger partial charge in [0.1, 0.15) is 41.9 Å². The lowest BCUT2D eigenvalue weighted by Crippen LogP contribution is -2.37. The third-order valence-corrected chi connectivity index (χ3v) is 8.08. The first-order valence-corrected chi connectivity index (χ1v) is 14.6. The maximum Gasteiger partial charge on any atom is 0.459 e. The van der Waals surface area contributed by atoms with Crippen molar-refractivity contribution in [1.82, 2.24) is 24.6 Å². The number of carbonyl (C=O) groups excluding carboxylic acids is 1. The second-order valence-corrected chi connectivity index (χ2v) is 11.3. The Labute approximate surface area is 240 Å². The van der Waals surface area contributed by atoms with Gasteiger partial charge in [-0.2, -0.15) is 5.09 Å². The summed E-state index contributed by atoms with van der Waals surface area (Å²) >= 11 is 0. The molecule has 0 saturated carbocycles. The fraction of sp³-hybridized carbons (Fsp3) is 0.333. The smallest absolute Gasteiger partial charge is 0.459 e. The molecule has 42 heavy (non-hydrogen) atoms. The first-order valence-electron chi connectivity index (χ1n) is 13.1. The number of anilines is 1. The van der Waals surface area contributed by atoms with Crippen LogP contribution in [0.3, 0.4) is 0 Å². The largest absolute Gasteiger partial charge is 0.460 e. The van der Waals surface area contributed by atoms with Crippen LogP contribution in [-0.2, 0) is 30.0 Å². The van der Waals surface area contributed by atoms with Crippen molar-refractivity contribution in [2.24, 2.45) is 0 Å². The number of aliphatic hydroxyl groups is 1. The normalized spacial score (nSPS) is 22.5. The minimum absolute atomic E-state index is 0.0107. The predicted octanol–water partition coefficient (Wildman–Crippen LogP) is 3.24. The topological polar surface area (TPSA) is 173 Å². The molecule has 2 aromatic carbocycles. The zero-order chi connectivity index (χ0) is 29.9. The number of benzene rings is 2. The molecule has 5 unspecified atom stereocenters. The van der Waals surface area contributed by atoms with E-state index in [2.05, 4.69) is 20.0 Å². The van der Waals surface area contributed by atoms with E-state index in [9.17, 15) is 14.5 Å². The molecule has 0 spiro atoms. The van der Waals surface area contributed by atoms with Gasteiger partial charge in [0.2, 0.25) is 0 Å². The van der Waals surface area contributed by atoms with Gasteiger partial charge in [0.15, 0.2) is 23.9 Å². The molecule has 1 saturated heterocycles. The zero-order valence-electron chi connectivity index (χ0n) is 22.7. The van der Waals surface area contributed by atoms with Crippen molar-refractivity contribution in [2.45, 2.75) is 51.1 Å². The van der Waals surface area contributed by atoms with Gasteiger partial charge in [0.25, 0.3) is 0 Å². The van der Waals surface area contributed by atoms with E-state index in [0.29, 0.717) is 5.82 Å². The van der Waals surface area contributed by atoms with E-state index >= 15 is 4.39 Å². The Morgan fingerprint density at radius 3 is 2.60 bits per heavy atom. The van der Waals surface area contributed by atoms with Gasteiger partial charge in [-0.25, -0.2) is 23.9 Å². The number of aliphatic hydroxyl groups excluding tert-OH is 1. The second kappa shape index (κ2) is 12.5. The summed E-state index contributed by atoms with van der Waals surface area (Å²) in [6.45, 7) is 2.52. The predicted molar refractivity (Wildman–Crippen MR) is 149 cm³/mol. The summed E-state index contributed by atoms with van der Waals surface area (Å²) in [4.78, 5) is 25.1. The maximum atomic E-state index is 15.3. The van der Waals surface area contributed by atoms with Crippen LogP contribution in [0.4, 0.5) is 10.2 Å². The number of alkyl halides is 1. The zero-order valence-corrected chi connectivity index (χ0v) is 23.6. The van der Waals surface area contributed by atoms with Crippen LogP contribution in [0.2, 0.25) is 0 Å². The van der Waals surface area contributed by atoms with Crippen LogP contribution in [0, 0.1) is 6.92 Å². The summed E-state index contributed by atoms with van der Waals surface area (Å²) in [6.07, 6.45) is -4.89. The van der Waals surface area contributed by atoms with Crippen molar-refractivity contribution in [3.63, 3.8) is 0 Å². The Balaban J connectivity index is 1.29. The monoisotopic (exact) mass is 600 g/mol. The van der Waals surface area contributed by atoms with E-state index in [0.717, 1.165) is 5.56 Å². The number of aryl methyl sites for hydroxylation is 1. The number of nitrogens with two attached hydrogens (primary N) is 1. The molecular formula is C27H30FN6O7P. The first-order chi connectivity index (χ1) is 20.1. The number of carbonyl (C=O) groups is 1. The number of imidazole rings is 1. The fourth-order valence-corrected chi connectivity index (χ4v) is 5.83. The highest BCUT2D eigenvalue weighted by molar-refractivity contribution is 7.52. The van der Waals surface area contributed by atoms with Crippen LogP contribution in [0.5, 0.6) is 5.75 Å². The van der Waals surface area contributed by atoms with E-state index < -0.39 is 51.0 Å². The molecule has 1 aliphatic rings. The molecule has 1 aliphatic heterocycles. The van der Waals surface area contributed by atoms with Crippen molar-refractivity contribution in [2.75, 3.05) is 12.3 Å². The summed E-state index contributed by atoms with van der Waals surface area (Å²) in [7, 11) is -4.30. The van der Waals surface area contributed by atoms with Crippen molar-refractivity contribution in [3.05, 3.63) is 78.4 Å². The van der Waals surface area contributed by atoms with Crippen molar-refractivity contribution < 1.29 is 37.4 Å². The Bertz CT molecular complexity index is 1580. The van der Waals surface area contributed by atoms with Crippen LogP contribution in [0.1, 0.15) is 24.5 Å². The van der Waals surface area contributed by atoms with Crippen molar-refractivity contribution in [1.29, 1.82) is 0 Å². The third kappa shape index (κ3) is 6.58. The molecule has 5 rings (SSSR count). The number of hydrogen-bond donors (Lipinski definition) is 3. The van der Waals surface area contributed by atoms with Crippen LogP contribution in [0.15, 0.2) is 67.0 Å². The average molecular weight is 601 g/mol. The van der Waals surface area contributed by atoms with Gasteiger partial charge in [-0.15, -0.1) is 0 Å². The molecule has 3 heterocycles. The third-order valence-electron chi connectivity index (χ3n) is 6.43. The van der Waals surface area contributed by atoms with Gasteiger partial charge in [-0.1, -0.05) is 48.5 Å². The lowest BCUT2D eigenvalue weighted by molar-refractivity contribution is -0.146. The summed E-state index contributed by atoms with van der Waals surface area (Å²) < 4.78 is 52.8. The van der Waals surface area contributed by atoms with Crippen LogP contribution in [0.25, 0.3) is 11.2 Å². The molecule has 0 aliphatic carbocycles. The first kappa shape index (κ1) is 29.5. The van der Waals surface area contributed by atoms with Gasteiger partial charge in [0, 0.05) is 0 Å². The van der Waals surface area contributed by atoms with Crippen LogP contribution < -0.4 is 15.3 Å². The van der Waals surface area contributed by atoms with Crippen LogP contribution >= 0.6 is 7.75 Å². The Kier molecular flexibility index (Phi) is 8.80. The quantitative estimate of drug-likeness (QED) is 0.170. The number of halogens is 1. The number of nitrogens with zero attached hydrogens (tertiary/aromatic N) is 4. The van der Waals surface area contributed by atoms with Gasteiger partial charge in [-0.05, 0) is 31.5 Å². The maximum absolute atomic E-state index is 15.3. The number of para-hydroxylation sites is 1. The van der Waals surface area contributed by atoms with Gasteiger partial charge < -0.3 is 24.8 Å². The molecule has 1 fully saturated rings. The van der Waals surface area contributed by atoms with E-state index in [1.165, 1.54) is 17.8 Å². The van der Waals surface area contributed by atoms with Gasteiger partial charge in [-0.3, -0.25) is 13.9 Å². The number of rotatable bonds is 11. The molecule has 0 amide bonds.